The van der Waals surface area contributed by atoms with Crippen LogP contribution in [0.3, 0.4) is 0 Å². The third-order valence-electron chi connectivity index (χ3n) is 5.30. The zero-order valence-corrected chi connectivity index (χ0v) is 19.9. The molecular weight excluding hydrogens is 456 g/mol. The predicted octanol–water partition coefficient (Wildman–Crippen LogP) is 4.99. The van der Waals surface area contributed by atoms with Gasteiger partial charge in [-0.05, 0) is 51.5 Å². The van der Waals surface area contributed by atoms with Crippen molar-refractivity contribution < 1.29 is 28.2 Å². The van der Waals surface area contributed by atoms with Gasteiger partial charge >= 0.3 is 0 Å². The van der Waals surface area contributed by atoms with E-state index in [4.69, 9.17) is 9.47 Å². The Balaban J connectivity index is 1.65. The van der Waals surface area contributed by atoms with Gasteiger partial charge in [0.25, 0.3) is 5.91 Å². The number of nitrogens with one attached hydrogen (secondary N) is 1. The Hall–Kier alpha value is -3.72. The summed E-state index contributed by atoms with van der Waals surface area (Å²) in [7, 11) is 0. The van der Waals surface area contributed by atoms with Crippen LogP contribution in [0.1, 0.15) is 36.7 Å². The van der Waals surface area contributed by atoms with E-state index in [9.17, 15) is 18.7 Å². The SMILES string of the molecule is Cc1ccc(N2c3cccc(C(=O)Nc4cc(F)c(OC(C)(C)C)c(F)c4)c3OCC2CO)nc1. The normalized spacial score (nSPS) is 15.3. The number of benzene rings is 2. The molecule has 1 aliphatic rings. The van der Waals surface area contributed by atoms with Gasteiger partial charge in [0.1, 0.15) is 18.0 Å². The summed E-state index contributed by atoms with van der Waals surface area (Å²) in [6, 6.07) is 10.3. The lowest BCUT2D eigenvalue weighted by Crippen LogP contribution is -2.43. The number of para-hydroxylation sites is 1. The second-order valence-electron chi connectivity index (χ2n) is 9.30. The molecule has 1 amide bonds. The van der Waals surface area contributed by atoms with E-state index in [0.29, 0.717) is 11.5 Å². The molecule has 3 aromatic rings. The zero-order chi connectivity index (χ0) is 25.3. The highest BCUT2D eigenvalue weighted by molar-refractivity contribution is 6.07. The molecule has 1 aromatic heterocycles. The fourth-order valence-electron chi connectivity index (χ4n) is 3.78. The van der Waals surface area contributed by atoms with Crippen molar-refractivity contribution in [3.8, 4) is 11.5 Å². The first kappa shape index (κ1) is 24.4. The van der Waals surface area contributed by atoms with Crippen LogP contribution in [-0.2, 0) is 0 Å². The Bertz CT molecular complexity index is 1220. The molecule has 7 nitrogen and oxygen atoms in total. The van der Waals surface area contributed by atoms with E-state index < -0.39 is 34.9 Å². The van der Waals surface area contributed by atoms with Crippen LogP contribution in [0.2, 0.25) is 0 Å². The van der Waals surface area contributed by atoms with Gasteiger partial charge in [-0.15, -0.1) is 0 Å². The van der Waals surface area contributed by atoms with Crippen LogP contribution in [0.4, 0.5) is 26.0 Å². The second kappa shape index (κ2) is 9.50. The molecule has 35 heavy (non-hydrogen) atoms. The first-order valence-corrected chi connectivity index (χ1v) is 11.2. The highest BCUT2D eigenvalue weighted by Crippen LogP contribution is 2.41. The van der Waals surface area contributed by atoms with Crippen molar-refractivity contribution >= 4 is 23.1 Å². The molecule has 0 fully saturated rings. The Morgan fingerprint density at radius 2 is 1.94 bits per heavy atom. The molecule has 0 saturated carbocycles. The van der Waals surface area contributed by atoms with Crippen LogP contribution in [0.25, 0.3) is 0 Å². The lowest BCUT2D eigenvalue weighted by atomic mass is 10.1. The molecule has 2 N–H and O–H groups in total. The number of hydrogen-bond donors (Lipinski definition) is 2. The molecule has 0 saturated heterocycles. The van der Waals surface area contributed by atoms with Gasteiger partial charge in [0, 0.05) is 24.0 Å². The first-order valence-electron chi connectivity index (χ1n) is 11.2. The van der Waals surface area contributed by atoms with Crippen LogP contribution < -0.4 is 19.7 Å². The van der Waals surface area contributed by atoms with E-state index in [1.165, 1.54) is 0 Å². The van der Waals surface area contributed by atoms with E-state index in [-0.39, 0.29) is 30.2 Å². The number of ether oxygens (including phenoxy) is 2. The molecule has 184 valence electrons. The number of halogens is 2. The molecule has 9 heteroatoms. The highest BCUT2D eigenvalue weighted by Gasteiger charge is 2.32. The quantitative estimate of drug-likeness (QED) is 0.532. The summed E-state index contributed by atoms with van der Waals surface area (Å²) in [6.07, 6.45) is 1.71. The number of aromatic nitrogens is 1. The van der Waals surface area contributed by atoms with E-state index >= 15 is 0 Å². The standard InChI is InChI=1S/C26H27F2N3O4/c1-15-8-9-22(29-12-15)31-17(13-32)14-34-23-18(6-5-7-21(23)31)25(33)30-16-10-19(27)24(20(28)11-16)35-26(2,3)4/h5-12,17,32H,13-14H2,1-4H3,(H,30,33). The average molecular weight is 484 g/mol. The maximum absolute atomic E-state index is 14.5. The first-order chi connectivity index (χ1) is 16.6. The molecule has 2 heterocycles. The van der Waals surface area contributed by atoms with E-state index in [0.717, 1.165) is 17.7 Å². The molecule has 0 bridgehead atoms. The van der Waals surface area contributed by atoms with Gasteiger partial charge in [-0.3, -0.25) is 4.79 Å². The molecule has 0 radical (unpaired) electrons. The van der Waals surface area contributed by atoms with E-state index in [1.807, 2.05) is 24.0 Å². The number of aliphatic hydroxyl groups excluding tert-OH is 1. The number of rotatable bonds is 5. The maximum Gasteiger partial charge on any atom is 0.259 e. The number of carbonyl (C=O) groups excluding carboxylic acids is 1. The summed E-state index contributed by atoms with van der Waals surface area (Å²) in [5.74, 6) is -2.09. The Kier molecular flexibility index (Phi) is 6.62. The second-order valence-corrected chi connectivity index (χ2v) is 9.30. The number of hydrogen-bond acceptors (Lipinski definition) is 6. The van der Waals surface area contributed by atoms with Gasteiger partial charge in [0.05, 0.1) is 23.9 Å². The third-order valence-corrected chi connectivity index (χ3v) is 5.30. The van der Waals surface area contributed by atoms with E-state index in [2.05, 4.69) is 10.3 Å². The van der Waals surface area contributed by atoms with Crippen molar-refractivity contribution in [1.29, 1.82) is 0 Å². The number of amides is 1. The summed E-state index contributed by atoms with van der Waals surface area (Å²) >= 11 is 0. The number of aliphatic hydroxyl groups is 1. The fraction of sp³-hybridized carbons (Fsp3) is 0.308. The largest absolute Gasteiger partial charge is 0.488 e. The Morgan fingerprint density at radius 3 is 2.54 bits per heavy atom. The van der Waals surface area contributed by atoms with Gasteiger partial charge in [-0.25, -0.2) is 13.8 Å². The Morgan fingerprint density at radius 1 is 1.23 bits per heavy atom. The van der Waals surface area contributed by atoms with Crippen LogP contribution >= 0.6 is 0 Å². The van der Waals surface area contributed by atoms with Crippen molar-refractivity contribution in [3.63, 3.8) is 0 Å². The third kappa shape index (κ3) is 5.19. The van der Waals surface area contributed by atoms with Crippen molar-refractivity contribution in [1.82, 2.24) is 4.98 Å². The van der Waals surface area contributed by atoms with Crippen LogP contribution in [0.15, 0.2) is 48.7 Å². The predicted molar refractivity (Wildman–Crippen MR) is 129 cm³/mol. The maximum atomic E-state index is 14.5. The molecule has 0 spiro atoms. The fourth-order valence-corrected chi connectivity index (χ4v) is 3.78. The number of nitrogens with zero attached hydrogens (tertiary/aromatic N) is 2. The molecular formula is C26H27F2N3O4. The van der Waals surface area contributed by atoms with Gasteiger partial charge < -0.3 is 24.8 Å². The molecule has 4 rings (SSSR count). The van der Waals surface area contributed by atoms with Crippen LogP contribution in [0, 0.1) is 18.6 Å². The summed E-state index contributed by atoms with van der Waals surface area (Å²) in [4.78, 5) is 19.4. The van der Waals surface area contributed by atoms with Gasteiger partial charge in [0.15, 0.2) is 23.1 Å². The molecule has 0 aliphatic carbocycles. The number of fused-ring (bicyclic) bond motifs is 1. The van der Waals surface area contributed by atoms with E-state index in [1.54, 1.807) is 45.2 Å². The lowest BCUT2D eigenvalue weighted by molar-refractivity contribution is 0.102. The number of pyridine rings is 1. The summed E-state index contributed by atoms with van der Waals surface area (Å²) < 4.78 is 40.3. The average Bonchev–Trinajstić information content (AvgIpc) is 2.80. The van der Waals surface area contributed by atoms with Crippen molar-refractivity contribution in [2.45, 2.75) is 39.3 Å². The number of aryl methyl sites for hydroxylation is 1. The number of carbonyl (C=O) groups is 1. The summed E-state index contributed by atoms with van der Waals surface area (Å²) in [5.41, 5.74) is 0.842. The van der Waals surface area contributed by atoms with Crippen molar-refractivity contribution in [2.75, 3.05) is 23.4 Å². The summed E-state index contributed by atoms with van der Waals surface area (Å²) in [6.45, 7) is 6.88. The number of anilines is 3. The lowest BCUT2D eigenvalue weighted by Gasteiger charge is -2.37. The molecule has 2 aromatic carbocycles. The van der Waals surface area contributed by atoms with Gasteiger partial charge in [-0.1, -0.05) is 12.1 Å². The summed E-state index contributed by atoms with van der Waals surface area (Å²) in [5, 5.41) is 12.4. The van der Waals surface area contributed by atoms with Crippen molar-refractivity contribution in [3.05, 3.63) is 71.4 Å². The van der Waals surface area contributed by atoms with Gasteiger partial charge in [0.2, 0.25) is 0 Å². The van der Waals surface area contributed by atoms with Crippen LogP contribution in [-0.4, -0.2) is 40.9 Å². The van der Waals surface area contributed by atoms with Crippen molar-refractivity contribution in [2.24, 2.45) is 0 Å². The minimum absolute atomic E-state index is 0.0648. The minimum atomic E-state index is -0.927. The smallest absolute Gasteiger partial charge is 0.259 e. The highest BCUT2D eigenvalue weighted by atomic mass is 19.1. The minimum Gasteiger partial charge on any atom is -0.488 e. The molecule has 1 aliphatic heterocycles. The molecule has 1 unspecified atom stereocenters. The zero-order valence-electron chi connectivity index (χ0n) is 19.9. The van der Waals surface area contributed by atoms with Gasteiger partial charge in [-0.2, -0.15) is 0 Å². The molecule has 1 atom stereocenters. The topological polar surface area (TPSA) is 83.9 Å². The van der Waals surface area contributed by atoms with Crippen LogP contribution in [0.5, 0.6) is 11.5 Å². The Labute approximate surface area is 202 Å². The monoisotopic (exact) mass is 483 g/mol.